The second kappa shape index (κ2) is 9.42. The standard InChI is InChI=1S/C25H28N2O5/c1-16(13-23(28)27-12-6-7-17(27)14-24(29)30)26-25(31)32-15-22-20-10-4-2-8-18(20)19-9-3-5-11-21(19)22/h2-5,8-11,16-17,22H,6-7,12-15H2,1H3,(H,26,31)(H,29,30)/t16?,17-/m0/s1. The van der Waals surface area contributed by atoms with E-state index >= 15 is 0 Å². The molecular formula is C25H28N2O5. The van der Waals surface area contributed by atoms with Crippen LogP contribution in [0.15, 0.2) is 48.5 Å². The molecule has 1 saturated heterocycles. The lowest BCUT2D eigenvalue weighted by atomic mass is 9.98. The zero-order valence-electron chi connectivity index (χ0n) is 18.1. The average Bonchev–Trinajstić information content (AvgIpc) is 3.34. The number of benzene rings is 2. The molecule has 0 radical (unpaired) electrons. The van der Waals surface area contributed by atoms with E-state index in [1.54, 1.807) is 11.8 Å². The van der Waals surface area contributed by atoms with Gasteiger partial charge in [-0.1, -0.05) is 48.5 Å². The van der Waals surface area contributed by atoms with Gasteiger partial charge in [0.2, 0.25) is 5.91 Å². The number of hydrogen-bond acceptors (Lipinski definition) is 4. The van der Waals surface area contributed by atoms with E-state index in [4.69, 9.17) is 9.84 Å². The summed E-state index contributed by atoms with van der Waals surface area (Å²) in [6.45, 7) is 2.53. The first-order chi connectivity index (χ1) is 15.4. The summed E-state index contributed by atoms with van der Waals surface area (Å²) in [7, 11) is 0. The Morgan fingerprint density at radius 1 is 1.09 bits per heavy atom. The summed E-state index contributed by atoms with van der Waals surface area (Å²) in [4.78, 5) is 37.7. The Bertz CT molecular complexity index is 975. The van der Waals surface area contributed by atoms with E-state index in [1.807, 2.05) is 24.3 Å². The van der Waals surface area contributed by atoms with E-state index in [1.165, 1.54) is 0 Å². The van der Waals surface area contributed by atoms with Gasteiger partial charge in [-0.3, -0.25) is 9.59 Å². The summed E-state index contributed by atoms with van der Waals surface area (Å²) in [5, 5.41) is 11.8. The predicted molar refractivity (Wildman–Crippen MR) is 119 cm³/mol. The molecule has 168 valence electrons. The van der Waals surface area contributed by atoms with Gasteiger partial charge in [-0.15, -0.1) is 0 Å². The molecule has 0 aromatic heterocycles. The highest BCUT2D eigenvalue weighted by molar-refractivity contribution is 5.80. The highest BCUT2D eigenvalue weighted by Gasteiger charge is 2.32. The molecule has 0 bridgehead atoms. The molecule has 1 aliphatic carbocycles. The zero-order valence-corrected chi connectivity index (χ0v) is 18.1. The van der Waals surface area contributed by atoms with Crippen molar-refractivity contribution in [2.24, 2.45) is 0 Å². The molecule has 1 aliphatic heterocycles. The molecule has 1 unspecified atom stereocenters. The minimum Gasteiger partial charge on any atom is -0.481 e. The summed E-state index contributed by atoms with van der Waals surface area (Å²) in [6.07, 6.45) is 1.01. The summed E-state index contributed by atoms with van der Waals surface area (Å²) >= 11 is 0. The Labute approximate surface area is 187 Å². The van der Waals surface area contributed by atoms with Crippen molar-refractivity contribution in [2.75, 3.05) is 13.2 Å². The van der Waals surface area contributed by atoms with Crippen LogP contribution in [0.3, 0.4) is 0 Å². The van der Waals surface area contributed by atoms with E-state index in [9.17, 15) is 14.4 Å². The second-order valence-corrected chi connectivity index (χ2v) is 8.56. The predicted octanol–water partition coefficient (Wildman–Crippen LogP) is 3.77. The van der Waals surface area contributed by atoms with Crippen LogP contribution in [-0.4, -0.2) is 53.2 Å². The van der Waals surface area contributed by atoms with Crippen molar-refractivity contribution in [3.05, 3.63) is 59.7 Å². The Balaban J connectivity index is 1.31. The van der Waals surface area contributed by atoms with E-state index in [2.05, 4.69) is 29.6 Å². The number of nitrogens with one attached hydrogen (secondary N) is 1. The number of carbonyl (C=O) groups is 3. The van der Waals surface area contributed by atoms with Crippen molar-refractivity contribution in [1.29, 1.82) is 0 Å². The number of amides is 2. The quantitative estimate of drug-likeness (QED) is 0.689. The number of alkyl carbamates (subject to hydrolysis) is 1. The minimum atomic E-state index is -0.903. The molecule has 1 fully saturated rings. The maximum Gasteiger partial charge on any atom is 0.407 e. The number of rotatable bonds is 7. The lowest BCUT2D eigenvalue weighted by Gasteiger charge is -2.25. The van der Waals surface area contributed by atoms with Crippen molar-refractivity contribution in [1.82, 2.24) is 10.2 Å². The molecule has 0 saturated carbocycles. The highest BCUT2D eigenvalue weighted by Crippen LogP contribution is 2.44. The van der Waals surface area contributed by atoms with Crippen LogP contribution in [-0.2, 0) is 14.3 Å². The van der Waals surface area contributed by atoms with Crippen LogP contribution in [0, 0.1) is 0 Å². The maximum atomic E-state index is 12.6. The first-order valence-electron chi connectivity index (χ1n) is 11.1. The molecule has 4 rings (SSSR count). The van der Waals surface area contributed by atoms with E-state index < -0.39 is 18.1 Å². The number of likely N-dealkylation sites (tertiary alicyclic amines) is 1. The molecule has 2 aromatic carbocycles. The molecule has 2 amide bonds. The van der Waals surface area contributed by atoms with Crippen LogP contribution in [0.4, 0.5) is 4.79 Å². The van der Waals surface area contributed by atoms with E-state index in [0.29, 0.717) is 13.0 Å². The van der Waals surface area contributed by atoms with Crippen LogP contribution in [0.25, 0.3) is 11.1 Å². The van der Waals surface area contributed by atoms with Gasteiger partial charge in [-0.2, -0.15) is 0 Å². The number of ether oxygens (including phenoxy) is 1. The Kier molecular flexibility index (Phi) is 6.44. The molecule has 1 heterocycles. The average molecular weight is 437 g/mol. The Morgan fingerprint density at radius 3 is 2.34 bits per heavy atom. The smallest absolute Gasteiger partial charge is 0.407 e. The molecule has 7 heteroatoms. The van der Waals surface area contributed by atoms with Crippen molar-refractivity contribution in [2.45, 2.75) is 50.6 Å². The van der Waals surface area contributed by atoms with Crippen molar-refractivity contribution in [3.63, 3.8) is 0 Å². The monoisotopic (exact) mass is 436 g/mol. The van der Waals surface area contributed by atoms with Gasteiger partial charge in [0.25, 0.3) is 0 Å². The van der Waals surface area contributed by atoms with Crippen LogP contribution in [0.1, 0.15) is 49.7 Å². The largest absolute Gasteiger partial charge is 0.481 e. The molecule has 2 aliphatic rings. The second-order valence-electron chi connectivity index (χ2n) is 8.56. The van der Waals surface area contributed by atoms with Gasteiger partial charge in [0.15, 0.2) is 0 Å². The van der Waals surface area contributed by atoms with Gasteiger partial charge in [-0.05, 0) is 42.0 Å². The van der Waals surface area contributed by atoms with Crippen LogP contribution >= 0.6 is 0 Å². The molecular weight excluding hydrogens is 408 g/mol. The van der Waals surface area contributed by atoms with Crippen LogP contribution in [0.5, 0.6) is 0 Å². The third-order valence-electron chi connectivity index (χ3n) is 6.30. The highest BCUT2D eigenvalue weighted by atomic mass is 16.5. The number of fused-ring (bicyclic) bond motifs is 3. The number of carboxylic acids is 1. The Morgan fingerprint density at radius 2 is 1.72 bits per heavy atom. The first kappa shape index (κ1) is 21.9. The third kappa shape index (κ3) is 4.61. The molecule has 2 aromatic rings. The van der Waals surface area contributed by atoms with Gasteiger partial charge in [0.1, 0.15) is 6.61 Å². The molecule has 0 spiro atoms. The topological polar surface area (TPSA) is 95.9 Å². The molecule has 32 heavy (non-hydrogen) atoms. The lowest BCUT2D eigenvalue weighted by Crippen LogP contribution is -2.42. The summed E-state index contributed by atoms with van der Waals surface area (Å²) < 4.78 is 5.54. The van der Waals surface area contributed by atoms with Crippen LogP contribution < -0.4 is 5.32 Å². The van der Waals surface area contributed by atoms with E-state index in [0.717, 1.165) is 28.7 Å². The van der Waals surface area contributed by atoms with Crippen molar-refractivity contribution in [3.8, 4) is 11.1 Å². The van der Waals surface area contributed by atoms with Crippen molar-refractivity contribution >= 4 is 18.0 Å². The first-order valence-corrected chi connectivity index (χ1v) is 11.1. The fourth-order valence-electron chi connectivity index (χ4n) is 4.85. The number of aliphatic carboxylic acids is 1. The third-order valence-corrected chi connectivity index (χ3v) is 6.30. The summed E-state index contributed by atoms with van der Waals surface area (Å²) in [6, 6.07) is 15.6. The molecule has 2 N–H and O–H groups in total. The number of carboxylic acid groups (broad SMARTS) is 1. The SMILES string of the molecule is CC(CC(=O)N1CCC[C@H]1CC(=O)O)NC(=O)OCC1c2ccccc2-c2ccccc21. The fraction of sp³-hybridized carbons (Fsp3) is 0.400. The molecule has 7 nitrogen and oxygen atoms in total. The lowest BCUT2D eigenvalue weighted by molar-refractivity contribution is -0.140. The fourth-order valence-corrected chi connectivity index (χ4v) is 4.85. The minimum absolute atomic E-state index is 0.0218. The molecule has 2 atom stereocenters. The van der Waals surface area contributed by atoms with Gasteiger partial charge in [0, 0.05) is 31.0 Å². The van der Waals surface area contributed by atoms with Crippen molar-refractivity contribution < 1.29 is 24.2 Å². The summed E-state index contributed by atoms with van der Waals surface area (Å²) in [5.41, 5.74) is 4.61. The number of carbonyl (C=O) groups excluding carboxylic acids is 2. The Hall–Kier alpha value is -3.35. The van der Waals surface area contributed by atoms with Crippen LogP contribution in [0.2, 0.25) is 0 Å². The number of hydrogen-bond donors (Lipinski definition) is 2. The van der Waals surface area contributed by atoms with Gasteiger partial charge < -0.3 is 20.1 Å². The van der Waals surface area contributed by atoms with Gasteiger partial charge in [-0.25, -0.2) is 4.79 Å². The zero-order chi connectivity index (χ0) is 22.7. The maximum absolute atomic E-state index is 12.6. The summed E-state index contributed by atoms with van der Waals surface area (Å²) in [5.74, 6) is -1.06. The van der Waals surface area contributed by atoms with E-state index in [-0.39, 0.29) is 37.3 Å². The number of nitrogens with zero attached hydrogens (tertiary/aromatic N) is 1. The van der Waals surface area contributed by atoms with Gasteiger partial charge >= 0.3 is 12.1 Å². The van der Waals surface area contributed by atoms with Gasteiger partial charge in [0.05, 0.1) is 6.42 Å². The normalized spacial score (nSPS) is 18.0.